The van der Waals surface area contributed by atoms with Crippen molar-refractivity contribution >= 4 is 23.2 Å². The molecule has 0 atom stereocenters. The van der Waals surface area contributed by atoms with Gasteiger partial charge in [-0.3, -0.25) is 9.59 Å². The van der Waals surface area contributed by atoms with Crippen LogP contribution in [-0.2, 0) is 9.59 Å². The molecule has 0 aliphatic carbocycles. The van der Waals surface area contributed by atoms with Crippen molar-refractivity contribution in [1.29, 1.82) is 0 Å². The fraction of sp³-hybridized carbons (Fsp3) is 0.222. The van der Waals surface area contributed by atoms with E-state index in [0.717, 1.165) is 11.1 Å². The van der Waals surface area contributed by atoms with Crippen molar-refractivity contribution in [3.63, 3.8) is 0 Å². The summed E-state index contributed by atoms with van der Waals surface area (Å²) >= 11 is 0. The Kier molecular flexibility index (Phi) is 5.42. The molecular weight excluding hydrogens is 308 g/mol. The van der Waals surface area contributed by atoms with Gasteiger partial charge >= 0.3 is 11.8 Å². The summed E-state index contributed by atoms with van der Waals surface area (Å²) in [5.74, 6) is -0.572. The fourth-order valence-electron chi connectivity index (χ4n) is 2.22. The molecule has 0 fully saturated rings. The number of nitrogens with one attached hydrogen (secondary N) is 2. The van der Waals surface area contributed by atoms with Crippen LogP contribution in [0.3, 0.4) is 0 Å². The zero-order valence-electron chi connectivity index (χ0n) is 14.1. The van der Waals surface area contributed by atoms with Gasteiger partial charge in [0, 0.05) is 11.8 Å². The number of carbonyl (C=O) groups is 2. The van der Waals surface area contributed by atoms with Gasteiger partial charge in [-0.25, -0.2) is 0 Å². The number of rotatable bonds is 4. The normalized spacial score (nSPS) is 10.0. The molecule has 0 aromatic heterocycles. The number of aryl methyl sites for hydroxylation is 2. The van der Waals surface area contributed by atoms with Gasteiger partial charge < -0.3 is 20.1 Å². The number of amides is 2. The fourth-order valence-corrected chi connectivity index (χ4v) is 2.22. The molecule has 0 saturated carbocycles. The van der Waals surface area contributed by atoms with Crippen LogP contribution in [0.4, 0.5) is 11.4 Å². The molecule has 6 nitrogen and oxygen atoms in total. The lowest BCUT2D eigenvalue weighted by atomic mass is 10.1. The Hall–Kier alpha value is -3.02. The molecular formula is C18H20N2O4. The third-order valence-corrected chi connectivity index (χ3v) is 3.49. The van der Waals surface area contributed by atoms with Gasteiger partial charge in [-0.2, -0.15) is 0 Å². The number of benzene rings is 2. The van der Waals surface area contributed by atoms with E-state index in [-0.39, 0.29) is 0 Å². The monoisotopic (exact) mass is 328 g/mol. The summed E-state index contributed by atoms with van der Waals surface area (Å²) in [6, 6.07) is 10.5. The predicted octanol–water partition coefficient (Wildman–Crippen LogP) is 2.90. The highest BCUT2D eigenvalue weighted by atomic mass is 16.5. The van der Waals surface area contributed by atoms with Gasteiger partial charge in [-0.1, -0.05) is 17.7 Å². The minimum atomic E-state index is -0.790. The van der Waals surface area contributed by atoms with E-state index in [1.165, 1.54) is 14.2 Å². The molecule has 0 aliphatic rings. The van der Waals surface area contributed by atoms with Gasteiger partial charge in [0.15, 0.2) is 0 Å². The van der Waals surface area contributed by atoms with Crippen molar-refractivity contribution < 1.29 is 19.1 Å². The molecule has 2 rings (SSSR count). The lowest BCUT2D eigenvalue weighted by Gasteiger charge is -2.12. The Balaban J connectivity index is 2.13. The highest BCUT2D eigenvalue weighted by molar-refractivity contribution is 6.43. The number of carbonyl (C=O) groups excluding carboxylic acids is 2. The topological polar surface area (TPSA) is 76.7 Å². The summed E-state index contributed by atoms with van der Waals surface area (Å²) in [7, 11) is 2.99. The van der Waals surface area contributed by atoms with E-state index in [4.69, 9.17) is 9.47 Å². The van der Waals surface area contributed by atoms with Crippen molar-refractivity contribution in [1.82, 2.24) is 0 Å². The maximum absolute atomic E-state index is 12.1. The van der Waals surface area contributed by atoms with Gasteiger partial charge in [0.05, 0.1) is 19.9 Å². The molecule has 2 amide bonds. The van der Waals surface area contributed by atoms with Crippen LogP contribution < -0.4 is 20.1 Å². The van der Waals surface area contributed by atoms with Gasteiger partial charge in [-0.05, 0) is 37.6 Å². The quantitative estimate of drug-likeness (QED) is 0.846. The first-order valence-electron chi connectivity index (χ1n) is 7.36. The standard InChI is InChI=1S/C18H20N2O4/c1-11-5-7-14(12(2)9-11)19-17(21)18(22)20-15-10-13(23-3)6-8-16(15)24-4/h5-10H,1-4H3,(H,19,21)(H,20,22). The number of ether oxygens (including phenoxy) is 2. The van der Waals surface area contributed by atoms with Gasteiger partial charge in [0.25, 0.3) is 0 Å². The lowest BCUT2D eigenvalue weighted by molar-refractivity contribution is -0.133. The minimum absolute atomic E-state index is 0.359. The van der Waals surface area contributed by atoms with Crippen molar-refractivity contribution in [3.05, 3.63) is 47.5 Å². The molecule has 0 aliphatic heterocycles. The van der Waals surface area contributed by atoms with Crippen molar-refractivity contribution in [3.8, 4) is 11.5 Å². The number of anilines is 2. The SMILES string of the molecule is COc1ccc(OC)c(NC(=O)C(=O)Nc2ccc(C)cc2C)c1. The third kappa shape index (κ3) is 4.04. The first-order chi connectivity index (χ1) is 11.4. The van der Waals surface area contributed by atoms with Gasteiger partial charge in [0.1, 0.15) is 11.5 Å². The Morgan fingerprint density at radius 3 is 2.08 bits per heavy atom. The average molecular weight is 328 g/mol. The van der Waals surface area contributed by atoms with E-state index >= 15 is 0 Å². The average Bonchev–Trinajstić information content (AvgIpc) is 2.57. The summed E-state index contributed by atoms with van der Waals surface area (Å²) in [4.78, 5) is 24.3. The van der Waals surface area contributed by atoms with E-state index in [2.05, 4.69) is 10.6 Å². The molecule has 2 aromatic rings. The second-order valence-electron chi connectivity index (χ2n) is 5.29. The molecule has 0 heterocycles. The van der Waals surface area contributed by atoms with E-state index in [9.17, 15) is 9.59 Å². The summed E-state index contributed by atoms with van der Waals surface area (Å²) < 4.78 is 10.3. The van der Waals surface area contributed by atoms with Crippen LogP contribution in [0.1, 0.15) is 11.1 Å². The lowest BCUT2D eigenvalue weighted by Crippen LogP contribution is -2.29. The molecule has 6 heteroatoms. The largest absolute Gasteiger partial charge is 0.497 e. The summed E-state index contributed by atoms with van der Waals surface area (Å²) in [6.45, 7) is 3.83. The molecule has 2 N–H and O–H groups in total. The zero-order valence-corrected chi connectivity index (χ0v) is 14.1. The summed E-state index contributed by atoms with van der Waals surface area (Å²) in [5.41, 5.74) is 2.92. The third-order valence-electron chi connectivity index (χ3n) is 3.49. The highest BCUT2D eigenvalue weighted by Crippen LogP contribution is 2.28. The number of hydrogen-bond acceptors (Lipinski definition) is 4. The molecule has 0 bridgehead atoms. The van der Waals surface area contributed by atoms with Crippen molar-refractivity contribution in [2.45, 2.75) is 13.8 Å². The second kappa shape index (κ2) is 7.50. The highest BCUT2D eigenvalue weighted by Gasteiger charge is 2.17. The number of methoxy groups -OCH3 is 2. The maximum Gasteiger partial charge on any atom is 0.314 e. The van der Waals surface area contributed by atoms with Gasteiger partial charge in [0.2, 0.25) is 0 Å². The first kappa shape index (κ1) is 17.3. The van der Waals surface area contributed by atoms with Crippen LogP contribution in [0.5, 0.6) is 11.5 Å². The molecule has 0 saturated heterocycles. The molecule has 24 heavy (non-hydrogen) atoms. The first-order valence-corrected chi connectivity index (χ1v) is 7.36. The molecule has 0 unspecified atom stereocenters. The molecule has 2 aromatic carbocycles. The molecule has 126 valence electrons. The second-order valence-corrected chi connectivity index (χ2v) is 5.29. The Morgan fingerprint density at radius 2 is 1.50 bits per heavy atom. The Labute approximate surface area is 140 Å². The molecule has 0 radical (unpaired) electrons. The van der Waals surface area contributed by atoms with Crippen LogP contribution in [0.2, 0.25) is 0 Å². The number of hydrogen-bond donors (Lipinski definition) is 2. The van der Waals surface area contributed by atoms with E-state index in [0.29, 0.717) is 22.9 Å². The van der Waals surface area contributed by atoms with Crippen LogP contribution in [0, 0.1) is 13.8 Å². The van der Waals surface area contributed by atoms with E-state index in [1.54, 1.807) is 24.3 Å². The van der Waals surface area contributed by atoms with Gasteiger partial charge in [-0.15, -0.1) is 0 Å². The van der Waals surface area contributed by atoms with Crippen LogP contribution in [0.25, 0.3) is 0 Å². The van der Waals surface area contributed by atoms with Crippen molar-refractivity contribution in [2.24, 2.45) is 0 Å². The van der Waals surface area contributed by atoms with E-state index < -0.39 is 11.8 Å². The van der Waals surface area contributed by atoms with Crippen molar-refractivity contribution in [2.75, 3.05) is 24.9 Å². The van der Waals surface area contributed by atoms with Crippen LogP contribution in [-0.4, -0.2) is 26.0 Å². The van der Waals surface area contributed by atoms with E-state index in [1.807, 2.05) is 26.0 Å². The zero-order chi connectivity index (χ0) is 17.7. The maximum atomic E-state index is 12.1. The smallest absolute Gasteiger partial charge is 0.314 e. The Morgan fingerprint density at radius 1 is 0.833 bits per heavy atom. The molecule has 0 spiro atoms. The minimum Gasteiger partial charge on any atom is -0.497 e. The predicted molar refractivity (Wildman–Crippen MR) is 92.7 cm³/mol. The van der Waals surface area contributed by atoms with Crippen LogP contribution in [0.15, 0.2) is 36.4 Å². The Bertz CT molecular complexity index is 772. The van der Waals surface area contributed by atoms with Crippen LogP contribution >= 0.6 is 0 Å². The summed E-state index contributed by atoms with van der Waals surface area (Å²) in [6.07, 6.45) is 0. The summed E-state index contributed by atoms with van der Waals surface area (Å²) in [5, 5.41) is 5.13.